The first kappa shape index (κ1) is 29.7. The molecule has 0 saturated carbocycles. The summed E-state index contributed by atoms with van der Waals surface area (Å²) < 4.78 is 35.1. The molecule has 2 aromatic carbocycles. The summed E-state index contributed by atoms with van der Waals surface area (Å²) in [5.41, 5.74) is 3.45. The highest BCUT2D eigenvalue weighted by atomic mass is 32.2. The summed E-state index contributed by atoms with van der Waals surface area (Å²) in [6.45, 7) is 7.17. The molecule has 0 radical (unpaired) electrons. The predicted molar refractivity (Wildman–Crippen MR) is 154 cm³/mol. The van der Waals surface area contributed by atoms with E-state index in [1.54, 1.807) is 23.8 Å². The third-order valence-electron chi connectivity index (χ3n) is 7.59. The van der Waals surface area contributed by atoms with Gasteiger partial charge in [-0.25, -0.2) is 13.1 Å². The lowest BCUT2D eigenvalue weighted by atomic mass is 9.91. The number of sulfonamides is 1. The van der Waals surface area contributed by atoms with Gasteiger partial charge in [-0.3, -0.25) is 0 Å². The lowest BCUT2D eigenvalue weighted by Gasteiger charge is -2.39. The minimum atomic E-state index is -4.29. The summed E-state index contributed by atoms with van der Waals surface area (Å²) >= 11 is 0. The number of aromatic nitrogens is 1. The van der Waals surface area contributed by atoms with E-state index in [1.807, 2.05) is 12.1 Å². The van der Waals surface area contributed by atoms with Gasteiger partial charge in [0.25, 0.3) is 10.0 Å². The van der Waals surface area contributed by atoms with Crippen LogP contribution in [0.3, 0.4) is 0 Å². The molecule has 10 nitrogen and oxygen atoms in total. The van der Waals surface area contributed by atoms with Crippen LogP contribution in [0.2, 0.25) is 0 Å². The van der Waals surface area contributed by atoms with Crippen LogP contribution in [-0.4, -0.2) is 72.5 Å². The van der Waals surface area contributed by atoms with Crippen LogP contribution in [0.4, 0.5) is 5.69 Å². The third-order valence-corrected chi connectivity index (χ3v) is 8.92. The average molecular weight is 569 g/mol. The number of rotatable bonds is 9. The van der Waals surface area contributed by atoms with Gasteiger partial charge in [-0.15, -0.1) is 0 Å². The van der Waals surface area contributed by atoms with Crippen molar-refractivity contribution >= 4 is 32.6 Å². The van der Waals surface area contributed by atoms with Crippen LogP contribution in [0.15, 0.2) is 53.4 Å². The van der Waals surface area contributed by atoms with Crippen molar-refractivity contribution in [2.24, 2.45) is 13.0 Å². The second-order valence-corrected chi connectivity index (χ2v) is 11.7. The van der Waals surface area contributed by atoms with E-state index in [-0.39, 0.29) is 0 Å². The molecule has 4 N–H and O–H groups in total. The Labute approximate surface area is 234 Å². The lowest BCUT2D eigenvalue weighted by Crippen LogP contribution is -2.56. The number of fused-ring (bicyclic) bond motifs is 1. The molecule has 5 atom stereocenters. The number of anilines is 1. The first-order valence-corrected chi connectivity index (χ1v) is 14.7. The molecule has 1 aromatic heterocycles. The van der Waals surface area contributed by atoms with E-state index in [0.29, 0.717) is 5.69 Å². The molecule has 1 aliphatic rings. The molecule has 40 heavy (non-hydrogen) atoms. The van der Waals surface area contributed by atoms with Crippen LogP contribution in [0, 0.1) is 17.2 Å². The lowest BCUT2D eigenvalue weighted by molar-refractivity contribution is -0.257. The Balaban J connectivity index is 1.56. The minimum absolute atomic E-state index is 0.432. The highest BCUT2D eigenvalue weighted by Crippen LogP contribution is 2.30. The van der Waals surface area contributed by atoms with Crippen LogP contribution >= 0.6 is 0 Å². The standard InChI is InChI=1S/C29H36N4O6S/c1-5-33(6-2)23-10-9-19-13-21(8-7-20(19)14-23)26-12-11-22(32(26)4)15-24(16-30)40(37,38)31-17-25-28(35)27(34)18(3)39-29(25)36/h7-15,18,25,27-29,31,34-36H,5-6,17H2,1-4H3/b24-15+/t18-,25-,27?,28+,29-/m0/s1. The largest absolute Gasteiger partial charge is 0.390 e. The number of nitriles is 1. The summed E-state index contributed by atoms with van der Waals surface area (Å²) in [6, 6.07) is 17.8. The molecule has 214 valence electrons. The molecule has 0 amide bonds. The Kier molecular flexibility index (Phi) is 8.99. The van der Waals surface area contributed by atoms with Gasteiger partial charge in [0.05, 0.1) is 18.1 Å². The molecule has 0 spiro atoms. The van der Waals surface area contributed by atoms with Crippen molar-refractivity contribution in [3.8, 4) is 17.3 Å². The molecular formula is C29H36N4O6S. The maximum absolute atomic E-state index is 12.9. The first-order valence-electron chi connectivity index (χ1n) is 13.3. The Morgan fingerprint density at radius 3 is 2.42 bits per heavy atom. The van der Waals surface area contributed by atoms with Crippen LogP contribution in [0.5, 0.6) is 0 Å². The first-order chi connectivity index (χ1) is 19.0. The average Bonchev–Trinajstić information content (AvgIpc) is 3.30. The van der Waals surface area contributed by atoms with E-state index in [1.165, 1.54) is 18.7 Å². The predicted octanol–water partition coefficient (Wildman–Crippen LogP) is 2.55. The molecule has 4 rings (SSSR count). The SMILES string of the molecule is CCN(CC)c1ccc2cc(-c3ccc(/C=C(\C#N)S(=O)(=O)NC[C@@H]4[C@@H](O)O[C@@H](C)C(O)[C@@H]4O)n3C)ccc2c1. The highest BCUT2D eigenvalue weighted by Gasteiger charge is 2.42. The molecule has 2 heterocycles. The molecule has 3 aromatic rings. The second-order valence-electron chi connectivity index (χ2n) is 9.97. The van der Waals surface area contributed by atoms with Crippen molar-refractivity contribution in [1.82, 2.24) is 9.29 Å². The van der Waals surface area contributed by atoms with Crippen molar-refractivity contribution in [2.75, 3.05) is 24.5 Å². The Morgan fingerprint density at radius 1 is 1.07 bits per heavy atom. The third kappa shape index (κ3) is 5.93. The minimum Gasteiger partial charge on any atom is -0.390 e. The molecule has 11 heteroatoms. The summed E-state index contributed by atoms with van der Waals surface area (Å²) in [5, 5.41) is 42.3. The van der Waals surface area contributed by atoms with E-state index in [9.17, 15) is 29.0 Å². The van der Waals surface area contributed by atoms with E-state index in [0.717, 1.165) is 35.1 Å². The molecule has 1 aliphatic heterocycles. The fourth-order valence-electron chi connectivity index (χ4n) is 5.05. The van der Waals surface area contributed by atoms with Crippen LogP contribution < -0.4 is 9.62 Å². The zero-order valence-electron chi connectivity index (χ0n) is 23.0. The monoisotopic (exact) mass is 568 g/mol. The van der Waals surface area contributed by atoms with Crippen LogP contribution in [0.1, 0.15) is 26.5 Å². The van der Waals surface area contributed by atoms with Gasteiger partial charge in [0.15, 0.2) is 11.2 Å². The number of nitrogens with zero attached hydrogens (tertiary/aromatic N) is 3. The van der Waals surface area contributed by atoms with E-state index >= 15 is 0 Å². The van der Waals surface area contributed by atoms with Gasteiger partial charge >= 0.3 is 0 Å². The zero-order valence-corrected chi connectivity index (χ0v) is 23.8. The number of aliphatic hydroxyl groups excluding tert-OH is 3. The van der Waals surface area contributed by atoms with E-state index < -0.39 is 52.0 Å². The zero-order chi connectivity index (χ0) is 29.2. The molecule has 0 bridgehead atoms. The Morgan fingerprint density at radius 2 is 1.75 bits per heavy atom. The Hall–Kier alpha value is -3.24. The van der Waals surface area contributed by atoms with Gasteiger partial charge in [0, 0.05) is 43.8 Å². The number of aliphatic hydroxyl groups is 3. The number of ether oxygens (including phenoxy) is 1. The number of benzene rings is 2. The number of nitrogens with one attached hydrogen (secondary N) is 1. The van der Waals surface area contributed by atoms with Crippen molar-refractivity contribution in [1.29, 1.82) is 5.26 Å². The van der Waals surface area contributed by atoms with Crippen LogP contribution in [0.25, 0.3) is 28.1 Å². The van der Waals surface area contributed by atoms with Gasteiger partial charge in [0.2, 0.25) is 0 Å². The molecule has 1 saturated heterocycles. The fourth-order valence-corrected chi connectivity index (χ4v) is 6.01. The summed E-state index contributed by atoms with van der Waals surface area (Å²) in [7, 11) is -2.50. The van der Waals surface area contributed by atoms with Crippen molar-refractivity contribution in [2.45, 2.75) is 45.4 Å². The molecular weight excluding hydrogens is 532 g/mol. The highest BCUT2D eigenvalue weighted by molar-refractivity contribution is 7.93. The Bertz CT molecular complexity index is 1540. The maximum atomic E-state index is 12.9. The molecule has 0 aliphatic carbocycles. The fraction of sp³-hybridized carbons (Fsp3) is 0.414. The summed E-state index contributed by atoms with van der Waals surface area (Å²) in [6.07, 6.45) is -3.72. The van der Waals surface area contributed by atoms with Gasteiger partial charge in [0.1, 0.15) is 12.2 Å². The van der Waals surface area contributed by atoms with Gasteiger partial charge in [-0.1, -0.05) is 18.2 Å². The summed E-state index contributed by atoms with van der Waals surface area (Å²) in [4.78, 5) is 1.76. The smallest absolute Gasteiger partial charge is 0.250 e. The van der Waals surface area contributed by atoms with Crippen LogP contribution in [-0.2, 0) is 21.8 Å². The number of allylic oxidation sites excluding steroid dienone is 1. The quantitative estimate of drug-likeness (QED) is 0.288. The van der Waals surface area contributed by atoms with E-state index in [4.69, 9.17) is 4.74 Å². The van der Waals surface area contributed by atoms with Crippen molar-refractivity contribution < 1.29 is 28.5 Å². The van der Waals surface area contributed by atoms with Gasteiger partial charge in [-0.05, 0) is 73.5 Å². The normalized spacial score (nSPS) is 23.8. The summed E-state index contributed by atoms with van der Waals surface area (Å²) in [5.74, 6) is -1.11. The van der Waals surface area contributed by atoms with Gasteiger partial charge < -0.3 is 29.5 Å². The molecule has 1 unspecified atom stereocenters. The van der Waals surface area contributed by atoms with Gasteiger partial charge in [-0.2, -0.15) is 5.26 Å². The van der Waals surface area contributed by atoms with Crippen molar-refractivity contribution in [3.05, 3.63) is 59.1 Å². The maximum Gasteiger partial charge on any atom is 0.250 e. The molecule has 1 fully saturated rings. The van der Waals surface area contributed by atoms with Crippen molar-refractivity contribution in [3.63, 3.8) is 0 Å². The van der Waals surface area contributed by atoms with E-state index in [2.05, 4.69) is 53.8 Å². The second kappa shape index (κ2) is 12.1. The topological polar surface area (TPSA) is 148 Å². The number of hydrogen-bond acceptors (Lipinski definition) is 8. The number of hydrogen-bond donors (Lipinski definition) is 4.